The Kier molecular flexibility index (Phi) is 10.7. The molecular weight excluding hydrogens is 508 g/mol. The molecule has 2 amide bonds. The lowest BCUT2D eigenvalue weighted by molar-refractivity contribution is -0.118. The Balaban J connectivity index is 0.000000220. The van der Waals surface area contributed by atoms with E-state index in [1.807, 2.05) is 55.5 Å². The second kappa shape index (κ2) is 14.1. The highest BCUT2D eigenvalue weighted by molar-refractivity contribution is 6.29. The van der Waals surface area contributed by atoms with Gasteiger partial charge in [0.1, 0.15) is 32.3 Å². The van der Waals surface area contributed by atoms with Gasteiger partial charge in [-0.25, -0.2) is 0 Å². The summed E-state index contributed by atoms with van der Waals surface area (Å²) >= 11 is 5.38. The van der Waals surface area contributed by atoms with Crippen LogP contribution >= 0.6 is 11.6 Å². The minimum atomic E-state index is -0.242. The third-order valence-corrected chi connectivity index (χ3v) is 5.81. The van der Waals surface area contributed by atoms with Crippen molar-refractivity contribution in [2.24, 2.45) is 0 Å². The maximum Gasteiger partial charge on any atom is 0.239 e. The Labute approximate surface area is 228 Å². The highest BCUT2D eigenvalue weighted by Gasteiger charge is 2.19. The molecule has 3 aromatic rings. The summed E-state index contributed by atoms with van der Waals surface area (Å²) in [5.74, 6) is 2.56. The Bertz CT molecular complexity index is 1220. The molecule has 5 rings (SSSR count). The molecule has 38 heavy (non-hydrogen) atoms. The predicted molar refractivity (Wildman–Crippen MR) is 149 cm³/mol. The number of hydrogen-bond acceptors (Lipinski definition) is 6. The zero-order valence-electron chi connectivity index (χ0n) is 20.6. The molecule has 0 spiro atoms. The number of amides is 2. The number of halogens is 1. The molecule has 8 nitrogen and oxygen atoms in total. The topological polar surface area (TPSA) is 86.3 Å². The molecule has 0 aromatic heterocycles. The third kappa shape index (κ3) is 7.55. The molecule has 0 bridgehead atoms. The van der Waals surface area contributed by atoms with E-state index in [-0.39, 0.29) is 25.1 Å². The van der Waals surface area contributed by atoms with Gasteiger partial charge in [0.05, 0.1) is 6.54 Å². The first-order chi connectivity index (χ1) is 18.1. The van der Waals surface area contributed by atoms with Crippen molar-refractivity contribution in [1.29, 1.82) is 0 Å². The lowest BCUT2D eigenvalue weighted by Crippen LogP contribution is -2.29. The second-order valence-electron chi connectivity index (χ2n) is 8.19. The monoisotopic (exact) mass is 540 g/mol. The number of nitrogens with one attached hydrogen (secondary N) is 1. The molecule has 2 aliphatic rings. The van der Waals surface area contributed by atoms with Crippen LogP contribution in [0, 0.1) is 0 Å². The summed E-state index contributed by atoms with van der Waals surface area (Å²) in [5, 5.41) is 2.64. The Morgan fingerprint density at radius 2 is 1.39 bits per heavy atom. The van der Waals surface area contributed by atoms with Crippen LogP contribution in [0.5, 0.6) is 23.0 Å². The molecule has 2 heterocycles. The second-order valence-corrected chi connectivity index (χ2v) is 8.45. The van der Waals surface area contributed by atoms with Crippen molar-refractivity contribution in [2.45, 2.75) is 27.3 Å². The van der Waals surface area contributed by atoms with E-state index in [9.17, 15) is 9.59 Å². The number of hydrogen-bond donors (Lipinski definition) is 1. The fourth-order valence-electron chi connectivity index (χ4n) is 3.80. The molecule has 202 valence electrons. The van der Waals surface area contributed by atoms with Crippen LogP contribution in [0.4, 0.5) is 11.4 Å². The maximum absolute atomic E-state index is 12.3. The highest BCUT2D eigenvalue weighted by atomic mass is 35.5. The van der Waals surface area contributed by atoms with Gasteiger partial charge in [0.2, 0.25) is 11.8 Å². The lowest BCUT2D eigenvalue weighted by Gasteiger charge is -2.25. The number of carbonyl (C=O) groups excluding carboxylic acids is 2. The van der Waals surface area contributed by atoms with Crippen LogP contribution in [0.3, 0.4) is 0 Å². The summed E-state index contributed by atoms with van der Waals surface area (Å²) in [6, 6.07) is 20.9. The van der Waals surface area contributed by atoms with E-state index in [2.05, 4.69) is 5.32 Å². The van der Waals surface area contributed by atoms with E-state index in [0.717, 1.165) is 17.0 Å². The number of rotatable bonds is 6. The molecule has 0 aliphatic carbocycles. The predicted octanol–water partition coefficient (Wildman–Crippen LogP) is 5.67. The molecule has 2 aliphatic heterocycles. The number of ether oxygens (including phenoxy) is 4. The molecular formula is C29H33ClN2O6. The highest BCUT2D eigenvalue weighted by Crippen LogP contribution is 2.35. The van der Waals surface area contributed by atoms with Gasteiger partial charge < -0.3 is 29.2 Å². The van der Waals surface area contributed by atoms with Gasteiger partial charge >= 0.3 is 0 Å². The lowest BCUT2D eigenvalue weighted by atomic mass is 10.1. The standard InChI is InChI=1S/C18H19NO3.C10H10ClNO3.CH4/c1-2-18(20)19(13-14-6-4-3-5-7-14)15-8-9-16-17(12-15)22-11-10-21-16;11-6-10(13)12-7-1-2-8-9(5-7)15-4-3-14-8;/h3-9,12H,2,10-11,13H2,1H3;1-2,5H,3-4,6H2,(H,12,13);1H4. The Morgan fingerprint density at radius 1 is 0.816 bits per heavy atom. The fourth-order valence-corrected chi connectivity index (χ4v) is 3.86. The molecule has 0 atom stereocenters. The summed E-state index contributed by atoms with van der Waals surface area (Å²) in [4.78, 5) is 25.2. The van der Waals surface area contributed by atoms with Gasteiger partial charge in [-0.2, -0.15) is 0 Å². The van der Waals surface area contributed by atoms with Gasteiger partial charge in [-0.1, -0.05) is 44.7 Å². The Hall–Kier alpha value is -3.91. The molecule has 9 heteroatoms. The number of alkyl halides is 1. The van der Waals surface area contributed by atoms with E-state index < -0.39 is 0 Å². The quantitative estimate of drug-likeness (QED) is 0.405. The van der Waals surface area contributed by atoms with Gasteiger partial charge in [0, 0.05) is 29.9 Å². The number of carbonyl (C=O) groups is 2. The minimum absolute atomic E-state index is 0. The average molecular weight is 541 g/mol. The van der Waals surface area contributed by atoms with Crippen molar-refractivity contribution in [3.8, 4) is 23.0 Å². The summed E-state index contributed by atoms with van der Waals surface area (Å²) in [6.07, 6.45) is 0.460. The van der Waals surface area contributed by atoms with Crippen LogP contribution in [-0.2, 0) is 16.1 Å². The Morgan fingerprint density at radius 3 is 2.00 bits per heavy atom. The summed E-state index contributed by atoms with van der Waals surface area (Å²) < 4.78 is 21.9. The summed E-state index contributed by atoms with van der Waals surface area (Å²) in [7, 11) is 0. The zero-order chi connectivity index (χ0) is 26.0. The van der Waals surface area contributed by atoms with E-state index in [4.69, 9.17) is 30.5 Å². The van der Waals surface area contributed by atoms with Crippen LogP contribution in [0.25, 0.3) is 0 Å². The van der Waals surface area contributed by atoms with E-state index in [1.54, 1.807) is 23.1 Å². The van der Waals surface area contributed by atoms with Crippen molar-refractivity contribution >= 4 is 34.8 Å². The van der Waals surface area contributed by atoms with E-state index in [0.29, 0.717) is 62.3 Å². The first kappa shape index (κ1) is 28.7. The molecule has 0 saturated heterocycles. The zero-order valence-corrected chi connectivity index (χ0v) is 21.3. The maximum atomic E-state index is 12.3. The largest absolute Gasteiger partial charge is 0.486 e. The minimum Gasteiger partial charge on any atom is -0.486 e. The molecule has 0 radical (unpaired) electrons. The first-order valence-corrected chi connectivity index (χ1v) is 12.6. The van der Waals surface area contributed by atoms with Crippen LogP contribution < -0.4 is 29.2 Å². The number of nitrogens with zero attached hydrogens (tertiary/aromatic N) is 1. The van der Waals surface area contributed by atoms with Gasteiger partial charge in [-0.15, -0.1) is 11.6 Å². The van der Waals surface area contributed by atoms with E-state index in [1.165, 1.54) is 0 Å². The van der Waals surface area contributed by atoms with Gasteiger partial charge in [0.25, 0.3) is 0 Å². The normalized spacial score (nSPS) is 12.7. The molecule has 0 saturated carbocycles. The van der Waals surface area contributed by atoms with E-state index >= 15 is 0 Å². The average Bonchev–Trinajstić information content (AvgIpc) is 2.96. The van der Waals surface area contributed by atoms with Gasteiger partial charge in [-0.3, -0.25) is 9.59 Å². The molecule has 0 unspecified atom stereocenters. The van der Waals surface area contributed by atoms with Crippen LogP contribution in [0.15, 0.2) is 66.7 Å². The van der Waals surface area contributed by atoms with Crippen molar-refractivity contribution in [3.63, 3.8) is 0 Å². The smallest absolute Gasteiger partial charge is 0.239 e. The molecule has 1 N–H and O–H groups in total. The number of anilines is 2. The number of fused-ring (bicyclic) bond motifs is 2. The van der Waals surface area contributed by atoms with Gasteiger partial charge in [-0.05, 0) is 29.8 Å². The third-order valence-electron chi connectivity index (χ3n) is 5.57. The first-order valence-electron chi connectivity index (χ1n) is 12.1. The van der Waals surface area contributed by atoms with Crippen molar-refractivity contribution < 1.29 is 28.5 Å². The summed E-state index contributed by atoms with van der Waals surface area (Å²) in [5.41, 5.74) is 2.59. The molecule has 3 aromatic carbocycles. The van der Waals surface area contributed by atoms with Crippen molar-refractivity contribution in [2.75, 3.05) is 42.5 Å². The van der Waals surface area contributed by atoms with Crippen LogP contribution in [0.2, 0.25) is 0 Å². The van der Waals surface area contributed by atoms with Gasteiger partial charge in [0.15, 0.2) is 23.0 Å². The van der Waals surface area contributed by atoms with Crippen molar-refractivity contribution in [3.05, 3.63) is 72.3 Å². The molecule has 0 fully saturated rings. The van der Waals surface area contributed by atoms with Crippen LogP contribution in [-0.4, -0.2) is 44.1 Å². The number of benzene rings is 3. The van der Waals surface area contributed by atoms with Crippen LogP contribution in [0.1, 0.15) is 26.3 Å². The summed E-state index contributed by atoms with van der Waals surface area (Å²) in [6.45, 7) is 4.61. The fraction of sp³-hybridized carbons (Fsp3) is 0.310. The van der Waals surface area contributed by atoms with Crippen molar-refractivity contribution in [1.82, 2.24) is 0 Å². The SMILES string of the molecule is C.CCC(=O)N(Cc1ccccc1)c1ccc2c(c1)OCCO2.O=C(CCl)Nc1ccc2c(c1)OCCO2.